The van der Waals surface area contributed by atoms with Crippen molar-refractivity contribution in [3.05, 3.63) is 29.3 Å². The molecule has 0 aliphatic carbocycles. The number of benzene rings is 1. The van der Waals surface area contributed by atoms with E-state index in [0.29, 0.717) is 29.9 Å². The van der Waals surface area contributed by atoms with Gasteiger partial charge in [-0.1, -0.05) is 24.6 Å². The third kappa shape index (κ3) is 6.33. The van der Waals surface area contributed by atoms with Gasteiger partial charge in [-0.15, -0.1) is 0 Å². The Kier molecular flexibility index (Phi) is 7.86. The molecule has 1 amide bonds. The summed E-state index contributed by atoms with van der Waals surface area (Å²) < 4.78 is 5.66. The molecule has 1 N–H and O–H groups in total. The molecule has 1 atom stereocenters. The van der Waals surface area contributed by atoms with Gasteiger partial charge < -0.3 is 15.0 Å². The van der Waals surface area contributed by atoms with Crippen LogP contribution in [0.1, 0.15) is 32.6 Å². The summed E-state index contributed by atoms with van der Waals surface area (Å²) >= 11 is 5.93. The lowest BCUT2D eigenvalue weighted by Crippen LogP contribution is -2.34. The van der Waals surface area contributed by atoms with E-state index in [1.807, 2.05) is 30.1 Å². The quantitative estimate of drug-likeness (QED) is 0.727. The van der Waals surface area contributed by atoms with Crippen molar-refractivity contribution >= 4 is 17.5 Å². The van der Waals surface area contributed by atoms with Crippen LogP contribution in [-0.4, -0.2) is 44.1 Å². The van der Waals surface area contributed by atoms with Crippen LogP contribution in [0.15, 0.2) is 24.3 Å². The second-order valence-electron chi connectivity index (χ2n) is 6.74. The highest BCUT2D eigenvalue weighted by Gasteiger charge is 2.23. The molecule has 1 fully saturated rings. The van der Waals surface area contributed by atoms with Gasteiger partial charge in [0.05, 0.1) is 6.61 Å². The first-order chi connectivity index (χ1) is 11.6. The molecule has 5 heteroatoms. The van der Waals surface area contributed by atoms with Gasteiger partial charge in [0, 0.05) is 25.0 Å². The summed E-state index contributed by atoms with van der Waals surface area (Å²) in [5.74, 6) is 2.15. The molecule has 4 nitrogen and oxygen atoms in total. The SMILES string of the molecule is CC(CC(=O)N(C)CCCOc1cccc(Cl)c1)C1CCNCC1. The van der Waals surface area contributed by atoms with Gasteiger partial charge in [0.1, 0.15) is 5.75 Å². The number of nitrogens with one attached hydrogen (secondary N) is 1. The maximum atomic E-state index is 12.4. The topological polar surface area (TPSA) is 41.6 Å². The Labute approximate surface area is 150 Å². The van der Waals surface area contributed by atoms with Crippen molar-refractivity contribution in [2.45, 2.75) is 32.6 Å². The highest BCUT2D eigenvalue weighted by molar-refractivity contribution is 6.30. The Morgan fingerprint density at radius 3 is 2.88 bits per heavy atom. The fourth-order valence-electron chi connectivity index (χ4n) is 3.18. The van der Waals surface area contributed by atoms with Gasteiger partial charge in [-0.3, -0.25) is 4.79 Å². The number of ether oxygens (including phenoxy) is 1. The molecule has 0 radical (unpaired) electrons. The van der Waals surface area contributed by atoms with Gasteiger partial charge in [-0.25, -0.2) is 0 Å². The largest absolute Gasteiger partial charge is 0.493 e. The lowest BCUT2D eigenvalue weighted by atomic mass is 9.84. The average molecular weight is 353 g/mol. The lowest BCUT2D eigenvalue weighted by molar-refractivity contribution is -0.131. The van der Waals surface area contributed by atoms with E-state index in [4.69, 9.17) is 16.3 Å². The number of rotatable bonds is 8. The standard InChI is InChI=1S/C19H29ClN2O2/c1-15(16-7-9-21-10-8-16)13-19(23)22(2)11-4-12-24-18-6-3-5-17(20)14-18/h3,5-6,14-16,21H,4,7-13H2,1-2H3. The van der Waals surface area contributed by atoms with Crippen LogP contribution < -0.4 is 10.1 Å². The molecule has 2 rings (SSSR count). The maximum Gasteiger partial charge on any atom is 0.222 e. The molecule has 24 heavy (non-hydrogen) atoms. The van der Waals surface area contributed by atoms with Crippen molar-refractivity contribution in [3.8, 4) is 5.75 Å². The molecule has 0 aromatic heterocycles. The van der Waals surface area contributed by atoms with E-state index in [-0.39, 0.29) is 5.91 Å². The molecular formula is C19H29ClN2O2. The van der Waals surface area contributed by atoms with Crippen molar-refractivity contribution in [2.75, 3.05) is 33.3 Å². The summed E-state index contributed by atoms with van der Waals surface area (Å²) in [7, 11) is 1.89. The van der Waals surface area contributed by atoms with Gasteiger partial charge in [0.15, 0.2) is 0 Å². The normalized spacial score (nSPS) is 16.6. The van der Waals surface area contributed by atoms with Crippen molar-refractivity contribution in [3.63, 3.8) is 0 Å². The Morgan fingerprint density at radius 1 is 1.42 bits per heavy atom. The molecule has 134 valence electrons. The zero-order valence-electron chi connectivity index (χ0n) is 14.8. The Hall–Kier alpha value is -1.26. The van der Waals surface area contributed by atoms with Gasteiger partial charge >= 0.3 is 0 Å². The summed E-state index contributed by atoms with van der Waals surface area (Å²) in [4.78, 5) is 14.2. The number of carbonyl (C=O) groups is 1. The summed E-state index contributed by atoms with van der Waals surface area (Å²) in [6.07, 6.45) is 3.84. The fraction of sp³-hybridized carbons (Fsp3) is 0.632. The molecule has 1 aromatic carbocycles. The first kappa shape index (κ1) is 19.1. The lowest BCUT2D eigenvalue weighted by Gasteiger charge is -2.29. The Morgan fingerprint density at radius 2 is 2.17 bits per heavy atom. The van der Waals surface area contributed by atoms with Crippen LogP contribution in [0.4, 0.5) is 0 Å². The summed E-state index contributed by atoms with van der Waals surface area (Å²) in [5.41, 5.74) is 0. The number of amides is 1. The van der Waals surface area contributed by atoms with Crippen LogP contribution in [-0.2, 0) is 4.79 Å². The molecule has 0 spiro atoms. The van der Waals surface area contributed by atoms with E-state index in [1.165, 1.54) is 12.8 Å². The molecule has 0 bridgehead atoms. The van der Waals surface area contributed by atoms with Crippen molar-refractivity contribution < 1.29 is 9.53 Å². The van der Waals surface area contributed by atoms with E-state index in [9.17, 15) is 4.79 Å². The van der Waals surface area contributed by atoms with Crippen LogP contribution in [0.2, 0.25) is 5.02 Å². The van der Waals surface area contributed by atoms with Gasteiger partial charge in [-0.05, 0) is 62.4 Å². The molecular weight excluding hydrogens is 324 g/mol. The molecule has 1 heterocycles. The minimum absolute atomic E-state index is 0.240. The second-order valence-corrected chi connectivity index (χ2v) is 7.18. The van der Waals surface area contributed by atoms with Crippen LogP contribution in [0.5, 0.6) is 5.75 Å². The van der Waals surface area contributed by atoms with Crippen LogP contribution in [0, 0.1) is 11.8 Å². The Bertz CT molecular complexity index is 518. The Balaban J connectivity index is 1.64. The van der Waals surface area contributed by atoms with Crippen molar-refractivity contribution in [2.24, 2.45) is 11.8 Å². The van der Waals surface area contributed by atoms with E-state index in [2.05, 4.69) is 12.2 Å². The van der Waals surface area contributed by atoms with Gasteiger partial charge in [0.25, 0.3) is 0 Å². The molecule has 1 aliphatic heterocycles. The van der Waals surface area contributed by atoms with E-state index < -0.39 is 0 Å². The first-order valence-corrected chi connectivity index (χ1v) is 9.27. The highest BCUT2D eigenvalue weighted by atomic mass is 35.5. The number of piperidine rings is 1. The zero-order chi connectivity index (χ0) is 17.4. The van der Waals surface area contributed by atoms with Gasteiger partial charge in [0.2, 0.25) is 5.91 Å². The molecule has 1 unspecified atom stereocenters. The minimum Gasteiger partial charge on any atom is -0.493 e. The molecule has 1 saturated heterocycles. The van der Waals surface area contributed by atoms with E-state index in [1.54, 1.807) is 6.07 Å². The third-order valence-corrected chi connectivity index (χ3v) is 5.05. The van der Waals surface area contributed by atoms with E-state index >= 15 is 0 Å². The summed E-state index contributed by atoms with van der Waals surface area (Å²) in [5, 5.41) is 4.05. The molecule has 0 saturated carbocycles. The number of hydrogen-bond acceptors (Lipinski definition) is 3. The smallest absolute Gasteiger partial charge is 0.222 e. The number of hydrogen-bond donors (Lipinski definition) is 1. The average Bonchev–Trinajstić information content (AvgIpc) is 2.59. The van der Waals surface area contributed by atoms with Crippen LogP contribution in [0.25, 0.3) is 0 Å². The first-order valence-electron chi connectivity index (χ1n) is 8.89. The predicted molar refractivity (Wildman–Crippen MR) is 98.6 cm³/mol. The van der Waals surface area contributed by atoms with Crippen LogP contribution >= 0.6 is 11.6 Å². The van der Waals surface area contributed by atoms with Crippen LogP contribution in [0.3, 0.4) is 0 Å². The number of halogens is 1. The monoisotopic (exact) mass is 352 g/mol. The highest BCUT2D eigenvalue weighted by Crippen LogP contribution is 2.24. The number of carbonyl (C=O) groups excluding carboxylic acids is 1. The van der Waals surface area contributed by atoms with Gasteiger partial charge in [-0.2, -0.15) is 0 Å². The number of nitrogens with zero attached hydrogens (tertiary/aromatic N) is 1. The fourth-order valence-corrected chi connectivity index (χ4v) is 3.36. The predicted octanol–water partition coefficient (Wildman–Crippen LogP) is 3.59. The third-order valence-electron chi connectivity index (χ3n) is 4.81. The second kappa shape index (κ2) is 9.90. The molecule has 1 aliphatic rings. The van der Waals surface area contributed by atoms with E-state index in [0.717, 1.165) is 31.8 Å². The minimum atomic E-state index is 0.240. The zero-order valence-corrected chi connectivity index (χ0v) is 15.5. The van der Waals surface area contributed by atoms with Crippen molar-refractivity contribution in [1.29, 1.82) is 0 Å². The van der Waals surface area contributed by atoms with Crippen molar-refractivity contribution in [1.82, 2.24) is 10.2 Å². The summed E-state index contributed by atoms with van der Waals surface area (Å²) in [6.45, 7) is 5.68. The molecule has 1 aromatic rings. The summed E-state index contributed by atoms with van der Waals surface area (Å²) in [6, 6.07) is 7.39. The maximum absolute atomic E-state index is 12.4.